The number of carbonyl (C=O) groups excluding carboxylic acids is 1. The molecule has 4 nitrogen and oxygen atoms in total. The fourth-order valence-corrected chi connectivity index (χ4v) is 1.23. The number of nitrogens with one attached hydrogen (secondary N) is 1. The predicted molar refractivity (Wildman–Crippen MR) is 62.6 cm³/mol. The van der Waals surface area contributed by atoms with Crippen molar-refractivity contribution in [2.24, 2.45) is 0 Å². The van der Waals surface area contributed by atoms with Crippen LogP contribution < -0.4 is 10.1 Å². The van der Waals surface area contributed by atoms with E-state index in [0.717, 1.165) is 12.8 Å². The van der Waals surface area contributed by atoms with E-state index in [9.17, 15) is 4.79 Å². The minimum atomic E-state index is -0.0796. The van der Waals surface area contributed by atoms with Crippen molar-refractivity contribution in [1.82, 2.24) is 10.3 Å². The zero-order valence-electron chi connectivity index (χ0n) is 9.82. The summed E-state index contributed by atoms with van der Waals surface area (Å²) in [7, 11) is 0. The largest absolute Gasteiger partial charge is 0.478 e. The summed E-state index contributed by atoms with van der Waals surface area (Å²) in [5.74, 6) is 0.469. The second-order valence-corrected chi connectivity index (χ2v) is 3.43. The van der Waals surface area contributed by atoms with E-state index in [0.29, 0.717) is 24.6 Å². The normalized spacial score (nSPS) is 9.88. The van der Waals surface area contributed by atoms with Crippen LogP contribution in [0, 0.1) is 0 Å². The van der Waals surface area contributed by atoms with Crippen LogP contribution in [0.15, 0.2) is 18.3 Å². The molecule has 16 heavy (non-hydrogen) atoms. The molecule has 0 aliphatic carbocycles. The maximum absolute atomic E-state index is 11.6. The number of amides is 1. The molecule has 0 saturated carbocycles. The third-order valence-corrected chi connectivity index (χ3v) is 2.11. The first-order chi connectivity index (χ1) is 7.77. The molecule has 0 aliphatic heterocycles. The predicted octanol–water partition coefficient (Wildman–Crippen LogP) is 2.01. The fraction of sp³-hybridized carbons (Fsp3) is 0.500. The Morgan fingerprint density at radius 2 is 2.25 bits per heavy atom. The van der Waals surface area contributed by atoms with Crippen molar-refractivity contribution in [2.45, 2.75) is 26.7 Å². The fourth-order valence-electron chi connectivity index (χ4n) is 1.23. The molecule has 0 spiro atoms. The number of unbranched alkanes of at least 4 members (excludes halogenated alkanes) is 1. The molecule has 0 radical (unpaired) electrons. The van der Waals surface area contributed by atoms with E-state index in [-0.39, 0.29) is 5.91 Å². The Bertz CT molecular complexity index is 322. The van der Waals surface area contributed by atoms with Gasteiger partial charge in [0.2, 0.25) is 5.88 Å². The topological polar surface area (TPSA) is 51.2 Å². The Labute approximate surface area is 96.0 Å². The van der Waals surface area contributed by atoms with Crippen LogP contribution in [0.4, 0.5) is 0 Å². The van der Waals surface area contributed by atoms with Gasteiger partial charge >= 0.3 is 0 Å². The summed E-state index contributed by atoms with van der Waals surface area (Å²) in [6, 6.07) is 3.43. The minimum absolute atomic E-state index is 0.0796. The SMILES string of the molecule is CCCCNC(=O)c1ccc(OCC)nc1. The summed E-state index contributed by atoms with van der Waals surface area (Å²) in [5.41, 5.74) is 0.569. The summed E-state index contributed by atoms with van der Waals surface area (Å²) in [4.78, 5) is 15.6. The van der Waals surface area contributed by atoms with Gasteiger partial charge in [0.25, 0.3) is 5.91 Å². The highest BCUT2D eigenvalue weighted by Gasteiger charge is 2.05. The third kappa shape index (κ3) is 3.88. The van der Waals surface area contributed by atoms with Crippen LogP contribution in [0.5, 0.6) is 5.88 Å². The second kappa shape index (κ2) is 6.82. The Morgan fingerprint density at radius 3 is 2.81 bits per heavy atom. The number of nitrogens with zero attached hydrogens (tertiary/aromatic N) is 1. The Kier molecular flexibility index (Phi) is 5.32. The van der Waals surface area contributed by atoms with Gasteiger partial charge in [-0.2, -0.15) is 0 Å². The highest BCUT2D eigenvalue weighted by Crippen LogP contribution is 2.07. The minimum Gasteiger partial charge on any atom is -0.478 e. The van der Waals surface area contributed by atoms with Crippen molar-refractivity contribution in [3.63, 3.8) is 0 Å². The average molecular weight is 222 g/mol. The van der Waals surface area contributed by atoms with Gasteiger partial charge in [0.1, 0.15) is 0 Å². The molecule has 0 saturated heterocycles. The molecule has 0 atom stereocenters. The Hall–Kier alpha value is -1.58. The number of aromatic nitrogens is 1. The van der Waals surface area contributed by atoms with Gasteiger partial charge in [-0.25, -0.2) is 4.98 Å². The lowest BCUT2D eigenvalue weighted by atomic mass is 10.2. The lowest BCUT2D eigenvalue weighted by Crippen LogP contribution is -2.24. The average Bonchev–Trinajstić information content (AvgIpc) is 2.30. The van der Waals surface area contributed by atoms with E-state index < -0.39 is 0 Å². The molecule has 4 heteroatoms. The maximum atomic E-state index is 11.6. The maximum Gasteiger partial charge on any atom is 0.252 e. The number of rotatable bonds is 6. The van der Waals surface area contributed by atoms with Crippen LogP contribution in [0.1, 0.15) is 37.0 Å². The van der Waals surface area contributed by atoms with E-state index in [1.807, 2.05) is 6.92 Å². The molecule has 1 N–H and O–H groups in total. The number of pyridine rings is 1. The standard InChI is InChI=1S/C12H18N2O2/c1-3-5-8-13-12(15)10-6-7-11(14-9-10)16-4-2/h6-7,9H,3-5,8H2,1-2H3,(H,13,15). The van der Waals surface area contributed by atoms with E-state index >= 15 is 0 Å². The lowest BCUT2D eigenvalue weighted by molar-refractivity contribution is 0.0952. The van der Waals surface area contributed by atoms with Gasteiger partial charge in [0.05, 0.1) is 12.2 Å². The number of hydrogen-bond donors (Lipinski definition) is 1. The summed E-state index contributed by atoms with van der Waals surface area (Å²) >= 11 is 0. The summed E-state index contributed by atoms with van der Waals surface area (Å²) in [6.07, 6.45) is 3.60. The Morgan fingerprint density at radius 1 is 1.44 bits per heavy atom. The molecule has 0 unspecified atom stereocenters. The van der Waals surface area contributed by atoms with Crippen molar-refractivity contribution in [3.05, 3.63) is 23.9 Å². The molecule has 0 aromatic carbocycles. The molecule has 88 valence electrons. The molecule has 1 heterocycles. The number of carbonyl (C=O) groups is 1. The first-order valence-corrected chi connectivity index (χ1v) is 5.65. The zero-order valence-corrected chi connectivity index (χ0v) is 9.82. The molecule has 0 bridgehead atoms. The molecule has 0 aliphatic rings. The molecular weight excluding hydrogens is 204 g/mol. The Balaban J connectivity index is 2.49. The monoisotopic (exact) mass is 222 g/mol. The van der Waals surface area contributed by atoms with Crippen molar-refractivity contribution in [3.8, 4) is 5.88 Å². The van der Waals surface area contributed by atoms with Crippen LogP contribution >= 0.6 is 0 Å². The molecule has 1 rings (SSSR count). The highest BCUT2D eigenvalue weighted by atomic mass is 16.5. The molecule has 0 fully saturated rings. The smallest absolute Gasteiger partial charge is 0.252 e. The van der Waals surface area contributed by atoms with Crippen LogP contribution in [0.3, 0.4) is 0 Å². The number of ether oxygens (including phenoxy) is 1. The van der Waals surface area contributed by atoms with Gasteiger partial charge in [-0.1, -0.05) is 13.3 Å². The molecular formula is C12H18N2O2. The zero-order chi connectivity index (χ0) is 11.8. The molecule has 1 aromatic rings. The summed E-state index contributed by atoms with van der Waals surface area (Å²) in [5, 5.41) is 2.83. The van der Waals surface area contributed by atoms with Crippen LogP contribution in [-0.4, -0.2) is 24.0 Å². The van der Waals surface area contributed by atoms with Crippen molar-refractivity contribution in [2.75, 3.05) is 13.2 Å². The van der Waals surface area contributed by atoms with Gasteiger partial charge in [-0.05, 0) is 19.4 Å². The van der Waals surface area contributed by atoms with Crippen molar-refractivity contribution >= 4 is 5.91 Å². The summed E-state index contributed by atoms with van der Waals surface area (Å²) in [6.45, 7) is 5.27. The van der Waals surface area contributed by atoms with Gasteiger partial charge < -0.3 is 10.1 Å². The lowest BCUT2D eigenvalue weighted by Gasteiger charge is -2.05. The van der Waals surface area contributed by atoms with E-state index in [1.54, 1.807) is 12.1 Å². The quantitative estimate of drug-likeness (QED) is 0.749. The van der Waals surface area contributed by atoms with Crippen molar-refractivity contribution in [1.29, 1.82) is 0 Å². The van der Waals surface area contributed by atoms with Crippen LogP contribution in [0.25, 0.3) is 0 Å². The molecule has 1 aromatic heterocycles. The van der Waals surface area contributed by atoms with Gasteiger partial charge in [0, 0.05) is 18.8 Å². The third-order valence-electron chi connectivity index (χ3n) is 2.11. The van der Waals surface area contributed by atoms with Crippen LogP contribution in [0.2, 0.25) is 0 Å². The highest BCUT2D eigenvalue weighted by molar-refractivity contribution is 5.93. The number of hydrogen-bond acceptors (Lipinski definition) is 3. The van der Waals surface area contributed by atoms with E-state index in [1.165, 1.54) is 6.20 Å². The van der Waals surface area contributed by atoms with Crippen molar-refractivity contribution < 1.29 is 9.53 Å². The first kappa shape index (κ1) is 12.5. The van der Waals surface area contributed by atoms with E-state index in [4.69, 9.17) is 4.74 Å². The first-order valence-electron chi connectivity index (χ1n) is 5.65. The summed E-state index contributed by atoms with van der Waals surface area (Å²) < 4.78 is 5.20. The molecule has 1 amide bonds. The van der Waals surface area contributed by atoms with Gasteiger partial charge in [-0.3, -0.25) is 4.79 Å². The van der Waals surface area contributed by atoms with E-state index in [2.05, 4.69) is 17.2 Å². The second-order valence-electron chi connectivity index (χ2n) is 3.43. The van der Waals surface area contributed by atoms with Gasteiger partial charge in [-0.15, -0.1) is 0 Å². The van der Waals surface area contributed by atoms with Crippen LogP contribution in [-0.2, 0) is 0 Å². The van der Waals surface area contributed by atoms with Gasteiger partial charge in [0.15, 0.2) is 0 Å².